The zero-order valence-electron chi connectivity index (χ0n) is 14.1. The highest BCUT2D eigenvalue weighted by Gasteiger charge is 2.31. The highest BCUT2D eigenvalue weighted by atomic mass is 32.2. The first-order chi connectivity index (χ1) is 12.6. The Labute approximate surface area is 161 Å². The van der Waals surface area contributed by atoms with Crippen molar-refractivity contribution in [1.29, 1.82) is 0 Å². The molecule has 0 bridgehead atoms. The van der Waals surface area contributed by atoms with Gasteiger partial charge in [0.2, 0.25) is 0 Å². The van der Waals surface area contributed by atoms with Crippen LogP contribution in [-0.2, 0) is 9.59 Å². The minimum Gasteiger partial charge on any atom is -0.550 e. The maximum absolute atomic E-state index is 12.7. The molecule has 1 fully saturated rings. The van der Waals surface area contributed by atoms with E-state index in [-0.39, 0.29) is 12.3 Å². The molecule has 2 aromatic carbocycles. The van der Waals surface area contributed by atoms with E-state index in [1.807, 2.05) is 48.5 Å². The molecule has 2 aromatic rings. The lowest BCUT2D eigenvalue weighted by Gasteiger charge is -2.14. The number of carbonyl (C=O) groups excluding carboxylic acids is 2. The molecule has 0 radical (unpaired) electrons. The SMILES string of the molecule is O=C([O-])CCCCCN1C(=O)/C(=C\c2cccc3ccccc23)SC1=S. The van der Waals surface area contributed by atoms with Crippen molar-refractivity contribution in [3.8, 4) is 0 Å². The van der Waals surface area contributed by atoms with Crippen LogP contribution in [0, 0.1) is 0 Å². The Kier molecular flexibility index (Phi) is 6.06. The van der Waals surface area contributed by atoms with E-state index in [1.54, 1.807) is 4.90 Å². The molecule has 0 unspecified atom stereocenters. The van der Waals surface area contributed by atoms with E-state index < -0.39 is 5.97 Å². The third-order valence-corrected chi connectivity index (χ3v) is 5.62. The number of benzene rings is 2. The van der Waals surface area contributed by atoms with Crippen LogP contribution >= 0.6 is 24.0 Å². The minimum absolute atomic E-state index is 0.0549. The number of carbonyl (C=O) groups is 2. The number of thioether (sulfide) groups is 1. The predicted octanol–water partition coefficient (Wildman–Crippen LogP) is 3.35. The molecule has 0 atom stereocenters. The number of carboxylic acids is 1. The molecule has 1 heterocycles. The first-order valence-corrected chi connectivity index (χ1v) is 9.72. The summed E-state index contributed by atoms with van der Waals surface area (Å²) in [6.07, 6.45) is 3.97. The normalized spacial score (nSPS) is 16.0. The summed E-state index contributed by atoms with van der Waals surface area (Å²) in [5.41, 5.74) is 0.998. The molecule has 6 heteroatoms. The van der Waals surface area contributed by atoms with Crippen molar-refractivity contribution in [2.75, 3.05) is 6.54 Å². The summed E-state index contributed by atoms with van der Waals surface area (Å²) in [6.45, 7) is 0.518. The second-order valence-corrected chi connectivity index (χ2v) is 7.76. The van der Waals surface area contributed by atoms with Gasteiger partial charge in [-0.25, -0.2) is 0 Å². The molecule has 3 rings (SSSR count). The second kappa shape index (κ2) is 8.47. The van der Waals surface area contributed by atoms with Gasteiger partial charge in [-0.3, -0.25) is 9.69 Å². The Morgan fingerprint density at radius 1 is 1.12 bits per heavy atom. The fraction of sp³-hybridized carbons (Fsp3) is 0.250. The van der Waals surface area contributed by atoms with Crippen LogP contribution in [0.2, 0.25) is 0 Å². The molecular formula is C20H18NO3S2-. The number of unbranched alkanes of at least 4 members (excludes halogenated alkanes) is 2. The average Bonchev–Trinajstić information content (AvgIpc) is 2.89. The molecule has 0 aromatic heterocycles. The summed E-state index contributed by atoms with van der Waals surface area (Å²) in [5, 5.41) is 12.7. The Morgan fingerprint density at radius 2 is 1.88 bits per heavy atom. The van der Waals surface area contributed by atoms with Crippen LogP contribution in [0.4, 0.5) is 0 Å². The van der Waals surface area contributed by atoms with E-state index in [2.05, 4.69) is 0 Å². The second-order valence-electron chi connectivity index (χ2n) is 6.08. The summed E-state index contributed by atoms with van der Waals surface area (Å²) < 4.78 is 0.557. The van der Waals surface area contributed by atoms with E-state index in [0.29, 0.717) is 22.2 Å². The van der Waals surface area contributed by atoms with Crippen molar-refractivity contribution >= 4 is 57.0 Å². The topological polar surface area (TPSA) is 60.4 Å². The van der Waals surface area contributed by atoms with E-state index in [0.717, 1.165) is 29.2 Å². The lowest BCUT2D eigenvalue weighted by molar-refractivity contribution is -0.305. The van der Waals surface area contributed by atoms with Gasteiger partial charge in [0.05, 0.1) is 4.91 Å². The largest absolute Gasteiger partial charge is 0.550 e. The van der Waals surface area contributed by atoms with E-state index in [1.165, 1.54) is 11.8 Å². The van der Waals surface area contributed by atoms with Gasteiger partial charge in [0, 0.05) is 12.5 Å². The van der Waals surface area contributed by atoms with Crippen LogP contribution in [0.15, 0.2) is 47.4 Å². The number of aliphatic carboxylic acids is 1. The highest BCUT2D eigenvalue weighted by Crippen LogP contribution is 2.34. The standard InChI is InChI=1S/C20H19NO3S2/c22-18(23)11-2-1-5-12-21-19(24)17(26-20(21)25)13-15-9-6-8-14-7-3-4-10-16(14)15/h3-4,6-10,13H,1-2,5,11-12H2,(H,22,23)/p-1/b17-13+. The number of fused-ring (bicyclic) bond motifs is 1. The Morgan fingerprint density at radius 3 is 2.69 bits per heavy atom. The first kappa shape index (κ1) is 18.6. The average molecular weight is 385 g/mol. The fourth-order valence-electron chi connectivity index (χ4n) is 2.93. The number of hydrogen-bond donors (Lipinski definition) is 0. The van der Waals surface area contributed by atoms with Crippen molar-refractivity contribution in [3.63, 3.8) is 0 Å². The van der Waals surface area contributed by atoms with Crippen LogP contribution < -0.4 is 5.11 Å². The predicted molar refractivity (Wildman–Crippen MR) is 107 cm³/mol. The fourth-order valence-corrected chi connectivity index (χ4v) is 4.23. The maximum atomic E-state index is 12.7. The minimum atomic E-state index is -1.03. The van der Waals surface area contributed by atoms with Crippen molar-refractivity contribution in [2.45, 2.75) is 25.7 Å². The van der Waals surface area contributed by atoms with Crippen molar-refractivity contribution in [1.82, 2.24) is 4.90 Å². The molecule has 0 N–H and O–H groups in total. The number of rotatable bonds is 7. The van der Waals surface area contributed by atoms with E-state index in [9.17, 15) is 14.7 Å². The van der Waals surface area contributed by atoms with Crippen LogP contribution in [0.1, 0.15) is 31.2 Å². The maximum Gasteiger partial charge on any atom is 0.266 e. The number of amides is 1. The van der Waals surface area contributed by atoms with Crippen LogP contribution in [-0.4, -0.2) is 27.6 Å². The third kappa shape index (κ3) is 4.31. The summed E-state index contributed by atoms with van der Waals surface area (Å²) in [6, 6.07) is 14.1. The number of hydrogen-bond acceptors (Lipinski definition) is 5. The number of carboxylic acid groups (broad SMARTS) is 1. The van der Waals surface area contributed by atoms with Gasteiger partial charge in [0.15, 0.2) is 0 Å². The molecule has 0 spiro atoms. The number of nitrogens with zero attached hydrogens (tertiary/aromatic N) is 1. The summed E-state index contributed by atoms with van der Waals surface area (Å²) >= 11 is 6.67. The van der Waals surface area contributed by atoms with E-state index in [4.69, 9.17) is 12.2 Å². The summed E-state index contributed by atoms with van der Waals surface area (Å²) in [7, 11) is 0. The highest BCUT2D eigenvalue weighted by molar-refractivity contribution is 8.26. The van der Waals surface area contributed by atoms with Gasteiger partial charge in [-0.1, -0.05) is 72.9 Å². The van der Waals surface area contributed by atoms with Crippen LogP contribution in [0.3, 0.4) is 0 Å². The molecule has 134 valence electrons. The molecule has 1 saturated heterocycles. The zero-order chi connectivity index (χ0) is 18.5. The quantitative estimate of drug-likeness (QED) is 0.416. The van der Waals surface area contributed by atoms with Crippen molar-refractivity contribution < 1.29 is 14.7 Å². The van der Waals surface area contributed by atoms with Gasteiger partial charge < -0.3 is 9.90 Å². The Hall–Kier alpha value is -2.18. The van der Waals surface area contributed by atoms with Gasteiger partial charge in [-0.2, -0.15) is 0 Å². The zero-order valence-corrected chi connectivity index (χ0v) is 15.8. The molecule has 0 aliphatic carbocycles. The third-order valence-electron chi connectivity index (χ3n) is 4.25. The summed E-state index contributed by atoms with van der Waals surface area (Å²) in [4.78, 5) is 25.3. The van der Waals surface area contributed by atoms with Crippen molar-refractivity contribution in [2.24, 2.45) is 0 Å². The lowest BCUT2D eigenvalue weighted by Crippen LogP contribution is -2.29. The molecule has 1 aliphatic heterocycles. The van der Waals surface area contributed by atoms with E-state index >= 15 is 0 Å². The van der Waals surface area contributed by atoms with Crippen LogP contribution in [0.5, 0.6) is 0 Å². The smallest absolute Gasteiger partial charge is 0.266 e. The van der Waals surface area contributed by atoms with Gasteiger partial charge >= 0.3 is 0 Å². The molecule has 4 nitrogen and oxygen atoms in total. The number of thiocarbonyl (C=S) groups is 1. The van der Waals surface area contributed by atoms with Crippen molar-refractivity contribution in [3.05, 3.63) is 52.9 Å². The Balaban J connectivity index is 1.70. The van der Waals surface area contributed by atoms with Gasteiger partial charge in [-0.15, -0.1) is 0 Å². The lowest BCUT2D eigenvalue weighted by atomic mass is 10.0. The van der Waals surface area contributed by atoms with Gasteiger partial charge in [0.1, 0.15) is 4.32 Å². The first-order valence-electron chi connectivity index (χ1n) is 8.49. The summed E-state index contributed by atoms with van der Waals surface area (Å²) in [5.74, 6) is -1.11. The molecular weight excluding hydrogens is 366 g/mol. The van der Waals surface area contributed by atoms with Crippen LogP contribution in [0.25, 0.3) is 16.8 Å². The van der Waals surface area contributed by atoms with Gasteiger partial charge in [-0.05, 0) is 41.7 Å². The van der Waals surface area contributed by atoms with Gasteiger partial charge in [0.25, 0.3) is 5.91 Å². The molecule has 0 saturated carbocycles. The molecule has 26 heavy (non-hydrogen) atoms. The molecule has 1 amide bonds. The molecule has 1 aliphatic rings. The monoisotopic (exact) mass is 384 g/mol. The Bertz CT molecular complexity index is 886.